The second-order valence-electron chi connectivity index (χ2n) is 10.0. The van der Waals surface area contributed by atoms with Gasteiger partial charge in [-0.2, -0.15) is 14.0 Å². The third kappa shape index (κ3) is 5.66. The highest BCUT2D eigenvalue weighted by Crippen LogP contribution is 2.42. The summed E-state index contributed by atoms with van der Waals surface area (Å²) in [6.45, 7) is 0. The number of nitrogens with zero attached hydrogens (tertiary/aromatic N) is 4. The van der Waals surface area contributed by atoms with Gasteiger partial charge in [0.05, 0.1) is 11.7 Å². The van der Waals surface area contributed by atoms with E-state index >= 15 is 0 Å². The van der Waals surface area contributed by atoms with E-state index in [1.165, 1.54) is 29.1 Å². The number of aromatic nitrogens is 2. The van der Waals surface area contributed by atoms with Gasteiger partial charge >= 0.3 is 5.97 Å². The minimum atomic E-state index is -1.24. The number of carboxylic acid groups (broad SMARTS) is 1. The van der Waals surface area contributed by atoms with Crippen molar-refractivity contribution in [2.24, 2.45) is 0 Å². The molecule has 6 nitrogen and oxygen atoms in total. The number of fused-ring (bicyclic) bond motifs is 1. The monoisotopic (exact) mass is 638 g/mol. The molecule has 0 bridgehead atoms. The van der Waals surface area contributed by atoms with Crippen LogP contribution in [0.1, 0.15) is 4.88 Å². The lowest BCUT2D eigenvalue weighted by Crippen LogP contribution is -2.09. The molecule has 0 atom stereocenters. The van der Waals surface area contributed by atoms with Gasteiger partial charge in [-0.1, -0.05) is 60.7 Å². The Bertz CT molecular complexity index is 2170. The molecule has 0 aliphatic heterocycles. The maximum atomic E-state index is 11.3. The molecule has 0 aliphatic rings. The number of para-hydroxylation sites is 2. The molecule has 0 fully saturated rings. The lowest BCUT2D eigenvalue weighted by atomic mass is 10.1. The second kappa shape index (κ2) is 12.3. The number of anilines is 3. The number of aliphatic carboxylic acids is 1. The van der Waals surface area contributed by atoms with Crippen molar-refractivity contribution in [2.45, 2.75) is 0 Å². The van der Waals surface area contributed by atoms with Gasteiger partial charge in [-0.15, -0.1) is 22.7 Å². The predicted octanol–water partition coefficient (Wildman–Crippen LogP) is 10.3. The molecule has 0 unspecified atom stereocenters. The van der Waals surface area contributed by atoms with E-state index < -0.39 is 5.97 Å². The summed E-state index contributed by atoms with van der Waals surface area (Å²) < 4.78 is 9.26. The van der Waals surface area contributed by atoms with Crippen LogP contribution in [-0.4, -0.2) is 19.8 Å². The van der Waals surface area contributed by atoms with Crippen LogP contribution >= 0.6 is 34.4 Å². The van der Waals surface area contributed by atoms with Crippen LogP contribution in [0.25, 0.3) is 48.4 Å². The summed E-state index contributed by atoms with van der Waals surface area (Å²) in [6.07, 6.45) is 1.39. The van der Waals surface area contributed by atoms with E-state index in [0.717, 1.165) is 59.4 Å². The number of nitriles is 1. The first-order valence-corrected chi connectivity index (χ1v) is 16.3. The van der Waals surface area contributed by atoms with Crippen molar-refractivity contribution < 1.29 is 9.90 Å². The summed E-state index contributed by atoms with van der Waals surface area (Å²) in [5, 5.41) is 18.3. The van der Waals surface area contributed by atoms with E-state index in [0.29, 0.717) is 4.88 Å². The maximum Gasteiger partial charge on any atom is 0.346 e. The van der Waals surface area contributed by atoms with Crippen molar-refractivity contribution in [3.05, 3.63) is 132 Å². The largest absolute Gasteiger partial charge is 0.477 e. The Morgan fingerprint density at radius 3 is 1.78 bits per heavy atom. The summed E-state index contributed by atoms with van der Waals surface area (Å²) in [5.41, 5.74) is 7.69. The second-order valence-corrected chi connectivity index (χ2v) is 12.7. The lowest BCUT2D eigenvalue weighted by Gasteiger charge is -2.25. The predicted molar refractivity (Wildman–Crippen MR) is 185 cm³/mol. The number of benzene rings is 4. The highest BCUT2D eigenvalue weighted by atomic mass is 32.1. The fourth-order valence-electron chi connectivity index (χ4n) is 5.14. The molecule has 7 aromatic rings. The normalized spacial score (nSPS) is 11.4. The van der Waals surface area contributed by atoms with Crippen LogP contribution in [0.4, 0.5) is 17.1 Å². The highest BCUT2D eigenvalue weighted by Gasteiger charge is 2.17. The zero-order valence-electron chi connectivity index (χ0n) is 23.5. The molecule has 45 heavy (non-hydrogen) atoms. The molecule has 9 heteroatoms. The molecule has 0 radical (unpaired) electrons. The van der Waals surface area contributed by atoms with Crippen molar-refractivity contribution in [1.82, 2.24) is 8.75 Å². The number of rotatable bonds is 8. The van der Waals surface area contributed by atoms with E-state index in [1.807, 2.05) is 30.3 Å². The van der Waals surface area contributed by atoms with Crippen LogP contribution in [0.5, 0.6) is 0 Å². The zero-order valence-corrected chi connectivity index (χ0v) is 25.9. The van der Waals surface area contributed by atoms with Crippen molar-refractivity contribution in [3.63, 3.8) is 0 Å². The molecule has 0 saturated carbocycles. The smallest absolute Gasteiger partial charge is 0.346 e. The Morgan fingerprint density at radius 2 is 1.20 bits per heavy atom. The Morgan fingerprint density at radius 1 is 0.667 bits per heavy atom. The van der Waals surface area contributed by atoms with Gasteiger partial charge in [0.2, 0.25) is 0 Å². The van der Waals surface area contributed by atoms with Crippen LogP contribution in [0.3, 0.4) is 0 Å². The van der Waals surface area contributed by atoms with E-state index in [4.69, 9.17) is 5.26 Å². The minimum absolute atomic E-state index is 0.299. The van der Waals surface area contributed by atoms with E-state index in [2.05, 4.69) is 105 Å². The number of carboxylic acids is 1. The maximum absolute atomic E-state index is 11.3. The average molecular weight is 639 g/mol. The van der Waals surface area contributed by atoms with Crippen LogP contribution in [0.15, 0.2) is 127 Å². The van der Waals surface area contributed by atoms with Crippen LogP contribution in [0, 0.1) is 11.3 Å². The quantitative estimate of drug-likeness (QED) is 0.132. The Hall–Kier alpha value is -5.40. The van der Waals surface area contributed by atoms with Gasteiger partial charge in [0.1, 0.15) is 22.7 Å². The SMILES string of the molecule is N#C/C(=C\c1ccc(-c2ccc(-c3ccc(-c4ccc(N(c5ccccc5)c5ccccc5)cc4)s3)c3nsnc23)s1)C(=O)O. The van der Waals surface area contributed by atoms with Gasteiger partial charge < -0.3 is 10.0 Å². The molecular formula is C36H22N4O2S3. The van der Waals surface area contributed by atoms with Crippen molar-refractivity contribution in [3.8, 4) is 37.4 Å². The third-order valence-electron chi connectivity index (χ3n) is 7.26. The summed E-state index contributed by atoms with van der Waals surface area (Å²) in [5.74, 6) is -1.24. The molecule has 3 heterocycles. The van der Waals surface area contributed by atoms with Gasteiger partial charge in [0.15, 0.2) is 0 Å². The van der Waals surface area contributed by atoms with Crippen LogP contribution in [0.2, 0.25) is 0 Å². The standard InChI is InChI=1S/C36H22N4O2S3/c37-22-24(36(41)42)21-28-15-18-32(43-28)29-16-17-30(35-34(29)38-45-39-35)33-20-19-31(44-33)23-11-13-27(14-12-23)40(25-7-3-1-4-8-25)26-9-5-2-6-10-26/h1-21H,(H,41,42)/b24-21+. The van der Waals surface area contributed by atoms with Gasteiger partial charge in [0, 0.05) is 47.7 Å². The van der Waals surface area contributed by atoms with Gasteiger partial charge in [-0.3, -0.25) is 0 Å². The molecule has 4 aromatic carbocycles. The van der Waals surface area contributed by atoms with Gasteiger partial charge in [0.25, 0.3) is 0 Å². The number of hydrogen-bond acceptors (Lipinski definition) is 8. The van der Waals surface area contributed by atoms with E-state index in [1.54, 1.807) is 17.4 Å². The first-order chi connectivity index (χ1) is 22.1. The fraction of sp³-hybridized carbons (Fsp3) is 0. The lowest BCUT2D eigenvalue weighted by molar-refractivity contribution is -0.132. The Labute approximate surface area is 271 Å². The molecule has 7 rings (SSSR count). The first-order valence-electron chi connectivity index (χ1n) is 13.9. The molecule has 0 spiro atoms. The van der Waals surface area contributed by atoms with Crippen molar-refractivity contribution in [2.75, 3.05) is 4.90 Å². The molecule has 0 saturated heterocycles. The molecule has 0 aliphatic carbocycles. The number of carbonyl (C=O) groups is 1. The highest BCUT2D eigenvalue weighted by molar-refractivity contribution is 7.19. The van der Waals surface area contributed by atoms with Gasteiger partial charge in [-0.05, 0) is 72.3 Å². The van der Waals surface area contributed by atoms with Crippen molar-refractivity contribution >= 4 is 74.5 Å². The minimum Gasteiger partial charge on any atom is -0.477 e. The van der Waals surface area contributed by atoms with Crippen LogP contribution in [-0.2, 0) is 4.79 Å². The molecule has 0 amide bonds. The average Bonchev–Trinajstić information content (AvgIpc) is 3.86. The number of thiophene rings is 2. The first kappa shape index (κ1) is 28.4. The van der Waals surface area contributed by atoms with Crippen LogP contribution < -0.4 is 4.90 Å². The molecule has 216 valence electrons. The summed E-state index contributed by atoms with van der Waals surface area (Å²) in [7, 11) is 0. The van der Waals surface area contributed by atoms with E-state index in [9.17, 15) is 9.90 Å². The Balaban J connectivity index is 1.18. The molecule has 1 N–H and O–H groups in total. The topological polar surface area (TPSA) is 90.1 Å². The summed E-state index contributed by atoms with van der Waals surface area (Å²) in [4.78, 5) is 17.4. The zero-order chi connectivity index (χ0) is 30.8. The molecular weight excluding hydrogens is 617 g/mol. The summed E-state index contributed by atoms with van der Waals surface area (Å²) in [6, 6.07) is 43.2. The number of hydrogen-bond donors (Lipinski definition) is 1. The molecule has 3 aromatic heterocycles. The Kier molecular flexibility index (Phi) is 7.76. The summed E-state index contributed by atoms with van der Waals surface area (Å²) >= 11 is 4.30. The fourth-order valence-corrected chi connectivity index (χ4v) is 7.73. The van der Waals surface area contributed by atoms with Crippen molar-refractivity contribution in [1.29, 1.82) is 5.26 Å². The van der Waals surface area contributed by atoms with E-state index in [-0.39, 0.29) is 5.57 Å². The third-order valence-corrected chi connectivity index (χ3v) is 10.0. The van der Waals surface area contributed by atoms with Gasteiger partial charge in [-0.25, -0.2) is 4.79 Å².